The Balaban J connectivity index is 1.37. The molecular formula is C19H16BrN3O2. The molecule has 0 saturated carbocycles. The average molecular weight is 398 g/mol. The fourth-order valence-electron chi connectivity index (χ4n) is 2.74. The predicted octanol–water partition coefficient (Wildman–Crippen LogP) is 3.74. The Labute approximate surface area is 153 Å². The van der Waals surface area contributed by atoms with E-state index in [4.69, 9.17) is 4.74 Å². The maximum absolute atomic E-state index is 12.5. The number of benzene rings is 2. The quantitative estimate of drug-likeness (QED) is 0.729. The zero-order valence-corrected chi connectivity index (χ0v) is 14.9. The van der Waals surface area contributed by atoms with Gasteiger partial charge in [-0.25, -0.2) is 0 Å². The summed E-state index contributed by atoms with van der Waals surface area (Å²) in [4.78, 5) is 14.3. The molecule has 1 aliphatic heterocycles. The van der Waals surface area contributed by atoms with Crippen LogP contribution in [0, 0.1) is 0 Å². The van der Waals surface area contributed by atoms with Gasteiger partial charge in [0.25, 0.3) is 5.91 Å². The number of halogens is 1. The highest BCUT2D eigenvalue weighted by molar-refractivity contribution is 9.10. The molecule has 0 radical (unpaired) electrons. The molecule has 2 aromatic carbocycles. The number of ether oxygens (including phenoxy) is 1. The standard InChI is InChI=1S/C19H16BrN3O2/c20-14-8-6-13(7-9-14)17-10-18(22-21-17)19(24)23-11-16(12-23)25-15-4-2-1-3-5-15/h1-10,16H,11-12H2,(H,21,22). The van der Waals surface area contributed by atoms with Crippen molar-refractivity contribution in [3.63, 3.8) is 0 Å². The Morgan fingerprint density at radius 2 is 1.84 bits per heavy atom. The summed E-state index contributed by atoms with van der Waals surface area (Å²) >= 11 is 3.41. The third-order valence-electron chi connectivity index (χ3n) is 4.13. The van der Waals surface area contributed by atoms with Gasteiger partial charge in [-0.15, -0.1) is 0 Å². The number of hydrogen-bond acceptors (Lipinski definition) is 3. The van der Waals surface area contributed by atoms with E-state index < -0.39 is 0 Å². The highest BCUT2D eigenvalue weighted by atomic mass is 79.9. The van der Waals surface area contributed by atoms with E-state index in [0.717, 1.165) is 21.5 Å². The van der Waals surface area contributed by atoms with Gasteiger partial charge in [-0.3, -0.25) is 9.89 Å². The first-order valence-electron chi connectivity index (χ1n) is 8.01. The van der Waals surface area contributed by atoms with Crippen molar-refractivity contribution in [2.45, 2.75) is 6.10 Å². The van der Waals surface area contributed by atoms with Gasteiger partial charge in [0.1, 0.15) is 17.5 Å². The highest BCUT2D eigenvalue weighted by Gasteiger charge is 2.33. The fourth-order valence-corrected chi connectivity index (χ4v) is 3.00. The lowest BCUT2D eigenvalue weighted by Gasteiger charge is -2.38. The van der Waals surface area contributed by atoms with Crippen LogP contribution in [0.15, 0.2) is 65.1 Å². The third kappa shape index (κ3) is 3.44. The van der Waals surface area contributed by atoms with Gasteiger partial charge in [0.2, 0.25) is 0 Å². The van der Waals surface area contributed by atoms with Crippen LogP contribution in [0.1, 0.15) is 10.5 Å². The minimum absolute atomic E-state index is 0.0419. The lowest BCUT2D eigenvalue weighted by atomic mass is 10.1. The van der Waals surface area contributed by atoms with Crippen molar-refractivity contribution in [3.8, 4) is 17.0 Å². The number of aromatic amines is 1. The van der Waals surface area contributed by atoms with Crippen molar-refractivity contribution in [1.29, 1.82) is 0 Å². The van der Waals surface area contributed by atoms with E-state index in [1.807, 2.05) is 54.6 Å². The third-order valence-corrected chi connectivity index (χ3v) is 4.66. The van der Waals surface area contributed by atoms with Crippen molar-refractivity contribution in [2.75, 3.05) is 13.1 Å². The number of hydrogen-bond donors (Lipinski definition) is 1. The molecule has 1 amide bonds. The summed E-state index contributed by atoms with van der Waals surface area (Å²) in [6.45, 7) is 1.17. The summed E-state index contributed by atoms with van der Waals surface area (Å²) in [5.74, 6) is 0.780. The second kappa shape index (κ2) is 6.72. The second-order valence-corrected chi connectivity index (χ2v) is 6.85. The number of carbonyl (C=O) groups excluding carboxylic acids is 1. The lowest BCUT2D eigenvalue weighted by molar-refractivity contribution is 0.0173. The zero-order valence-electron chi connectivity index (χ0n) is 13.4. The van der Waals surface area contributed by atoms with E-state index in [1.54, 1.807) is 11.0 Å². The molecule has 2 heterocycles. The van der Waals surface area contributed by atoms with E-state index in [9.17, 15) is 4.79 Å². The molecule has 25 heavy (non-hydrogen) atoms. The lowest BCUT2D eigenvalue weighted by Crippen LogP contribution is -2.56. The maximum Gasteiger partial charge on any atom is 0.272 e. The highest BCUT2D eigenvalue weighted by Crippen LogP contribution is 2.23. The molecule has 3 aromatic rings. The van der Waals surface area contributed by atoms with Crippen molar-refractivity contribution >= 4 is 21.8 Å². The fraction of sp³-hybridized carbons (Fsp3) is 0.158. The molecule has 4 rings (SSSR count). The Morgan fingerprint density at radius 3 is 2.56 bits per heavy atom. The molecule has 0 spiro atoms. The van der Waals surface area contributed by atoms with E-state index >= 15 is 0 Å². The number of rotatable bonds is 4. The Morgan fingerprint density at radius 1 is 1.12 bits per heavy atom. The number of H-pyrrole nitrogens is 1. The van der Waals surface area contributed by atoms with Crippen molar-refractivity contribution in [1.82, 2.24) is 15.1 Å². The molecule has 1 fully saturated rings. The van der Waals surface area contributed by atoms with Gasteiger partial charge in [0.15, 0.2) is 0 Å². The number of nitrogens with one attached hydrogen (secondary N) is 1. The predicted molar refractivity (Wildman–Crippen MR) is 98.5 cm³/mol. The second-order valence-electron chi connectivity index (χ2n) is 5.94. The average Bonchev–Trinajstić information content (AvgIpc) is 3.09. The summed E-state index contributed by atoms with van der Waals surface area (Å²) in [7, 11) is 0. The number of nitrogens with zero attached hydrogens (tertiary/aromatic N) is 2. The van der Waals surface area contributed by atoms with E-state index in [2.05, 4.69) is 26.1 Å². The molecule has 1 N–H and O–H groups in total. The van der Waals surface area contributed by atoms with Gasteiger partial charge < -0.3 is 9.64 Å². The largest absolute Gasteiger partial charge is 0.487 e. The Hall–Kier alpha value is -2.60. The van der Waals surface area contributed by atoms with Crippen molar-refractivity contribution < 1.29 is 9.53 Å². The normalized spacial score (nSPS) is 14.2. The first-order valence-corrected chi connectivity index (χ1v) is 8.81. The van der Waals surface area contributed by atoms with Crippen molar-refractivity contribution in [3.05, 3.63) is 70.8 Å². The Bertz CT molecular complexity index is 871. The zero-order chi connectivity index (χ0) is 17.2. The smallest absolute Gasteiger partial charge is 0.272 e. The topological polar surface area (TPSA) is 58.2 Å². The van der Waals surface area contributed by atoms with Crippen LogP contribution in [-0.2, 0) is 0 Å². The Kier molecular flexibility index (Phi) is 4.28. The summed E-state index contributed by atoms with van der Waals surface area (Å²) < 4.78 is 6.84. The first-order chi connectivity index (χ1) is 12.2. The monoisotopic (exact) mass is 397 g/mol. The van der Waals surface area contributed by atoms with Gasteiger partial charge >= 0.3 is 0 Å². The molecule has 0 unspecified atom stereocenters. The van der Waals surface area contributed by atoms with E-state index in [-0.39, 0.29) is 12.0 Å². The van der Waals surface area contributed by atoms with Gasteiger partial charge in [-0.05, 0) is 30.3 Å². The van der Waals surface area contributed by atoms with Crippen LogP contribution in [0.4, 0.5) is 0 Å². The molecule has 0 bridgehead atoms. The van der Waals surface area contributed by atoms with Crippen LogP contribution < -0.4 is 4.74 Å². The summed E-state index contributed by atoms with van der Waals surface area (Å²) in [5.41, 5.74) is 2.22. The van der Waals surface area contributed by atoms with E-state index in [1.165, 1.54) is 0 Å². The van der Waals surface area contributed by atoms with Crippen LogP contribution in [-0.4, -0.2) is 40.2 Å². The van der Waals surface area contributed by atoms with Gasteiger partial charge in [0.05, 0.1) is 18.8 Å². The number of aromatic nitrogens is 2. The maximum atomic E-state index is 12.5. The molecule has 0 aliphatic carbocycles. The number of para-hydroxylation sites is 1. The van der Waals surface area contributed by atoms with Crippen molar-refractivity contribution in [2.24, 2.45) is 0 Å². The molecule has 1 saturated heterocycles. The minimum atomic E-state index is -0.0521. The number of amides is 1. The van der Waals surface area contributed by atoms with Crippen LogP contribution >= 0.6 is 15.9 Å². The molecular weight excluding hydrogens is 382 g/mol. The molecule has 6 heteroatoms. The van der Waals surface area contributed by atoms with Gasteiger partial charge in [-0.2, -0.15) is 5.10 Å². The van der Waals surface area contributed by atoms with Crippen LogP contribution in [0.3, 0.4) is 0 Å². The number of carbonyl (C=O) groups is 1. The molecule has 5 nitrogen and oxygen atoms in total. The molecule has 126 valence electrons. The molecule has 1 aromatic heterocycles. The summed E-state index contributed by atoms with van der Waals surface area (Å²) in [5, 5.41) is 7.08. The first kappa shape index (κ1) is 15.9. The molecule has 0 atom stereocenters. The molecule has 1 aliphatic rings. The summed E-state index contributed by atoms with van der Waals surface area (Å²) in [6, 6.07) is 19.3. The SMILES string of the molecule is O=C(c1cc(-c2ccc(Br)cc2)n[nH]1)N1CC(Oc2ccccc2)C1. The van der Waals surface area contributed by atoms with Crippen LogP contribution in [0.5, 0.6) is 5.75 Å². The van der Waals surface area contributed by atoms with Gasteiger partial charge in [0, 0.05) is 10.0 Å². The minimum Gasteiger partial charge on any atom is -0.487 e. The van der Waals surface area contributed by atoms with Crippen LogP contribution in [0.2, 0.25) is 0 Å². The van der Waals surface area contributed by atoms with Gasteiger partial charge in [-0.1, -0.05) is 46.3 Å². The summed E-state index contributed by atoms with van der Waals surface area (Å²) in [6.07, 6.45) is 0.0419. The van der Waals surface area contributed by atoms with Crippen LogP contribution in [0.25, 0.3) is 11.3 Å². The van der Waals surface area contributed by atoms with E-state index in [0.29, 0.717) is 18.8 Å². The number of likely N-dealkylation sites (tertiary alicyclic amines) is 1.